The molecule has 90 valence electrons. The Balaban J connectivity index is 2.18. The lowest BCUT2D eigenvalue weighted by atomic mass is 9.85. The molecule has 15 heavy (non-hydrogen) atoms. The van der Waals surface area contributed by atoms with Gasteiger partial charge < -0.3 is 10.2 Å². The van der Waals surface area contributed by atoms with Gasteiger partial charge in [0.2, 0.25) is 0 Å². The van der Waals surface area contributed by atoms with Crippen LogP contribution in [0.4, 0.5) is 0 Å². The van der Waals surface area contributed by atoms with Crippen molar-refractivity contribution in [2.45, 2.75) is 58.0 Å². The fourth-order valence-corrected chi connectivity index (χ4v) is 2.55. The molecule has 0 bridgehead atoms. The summed E-state index contributed by atoms with van der Waals surface area (Å²) in [5.74, 6) is 0.940. The predicted molar refractivity (Wildman–Crippen MR) is 67.2 cm³/mol. The zero-order valence-corrected chi connectivity index (χ0v) is 10.9. The van der Waals surface area contributed by atoms with E-state index in [4.69, 9.17) is 0 Å². The minimum Gasteiger partial charge on any atom is -0.312 e. The number of rotatable bonds is 5. The highest BCUT2D eigenvalue weighted by atomic mass is 15.1. The van der Waals surface area contributed by atoms with E-state index in [0.29, 0.717) is 6.04 Å². The van der Waals surface area contributed by atoms with Crippen LogP contribution in [-0.2, 0) is 0 Å². The van der Waals surface area contributed by atoms with Crippen LogP contribution in [0, 0.1) is 5.92 Å². The monoisotopic (exact) mass is 212 g/mol. The first kappa shape index (κ1) is 13.0. The fraction of sp³-hybridized carbons (Fsp3) is 1.00. The van der Waals surface area contributed by atoms with E-state index in [-0.39, 0.29) is 0 Å². The van der Waals surface area contributed by atoms with E-state index in [1.165, 1.54) is 38.6 Å². The van der Waals surface area contributed by atoms with Gasteiger partial charge in [-0.3, -0.25) is 0 Å². The summed E-state index contributed by atoms with van der Waals surface area (Å²) >= 11 is 0. The number of hydrogen-bond acceptors (Lipinski definition) is 2. The second-order valence-electron chi connectivity index (χ2n) is 5.46. The molecule has 2 nitrogen and oxygen atoms in total. The first-order chi connectivity index (χ1) is 7.11. The van der Waals surface area contributed by atoms with E-state index in [1.54, 1.807) is 0 Å². The third-order valence-electron chi connectivity index (χ3n) is 3.60. The van der Waals surface area contributed by atoms with Gasteiger partial charge in [-0.05, 0) is 59.0 Å². The van der Waals surface area contributed by atoms with Gasteiger partial charge in [0.15, 0.2) is 0 Å². The van der Waals surface area contributed by atoms with Crippen molar-refractivity contribution in [1.82, 2.24) is 10.2 Å². The summed E-state index contributed by atoms with van der Waals surface area (Å²) in [7, 11) is 4.37. The van der Waals surface area contributed by atoms with Crippen molar-refractivity contribution in [1.29, 1.82) is 0 Å². The predicted octanol–water partition coefficient (Wildman–Crippen LogP) is 2.49. The highest BCUT2D eigenvalue weighted by molar-refractivity contribution is 4.79. The standard InChI is InChI=1S/C13H28N2/c1-5-11(2)14-13-8-6-12(7-9-13)10-15(3)4/h11-14H,5-10H2,1-4H3. The quantitative estimate of drug-likeness (QED) is 0.753. The van der Waals surface area contributed by atoms with Gasteiger partial charge >= 0.3 is 0 Å². The number of hydrogen-bond donors (Lipinski definition) is 1. The van der Waals surface area contributed by atoms with Crippen molar-refractivity contribution in [3.8, 4) is 0 Å². The lowest BCUT2D eigenvalue weighted by Crippen LogP contribution is -2.39. The molecule has 0 aliphatic heterocycles. The second-order valence-corrected chi connectivity index (χ2v) is 5.46. The van der Waals surface area contributed by atoms with Gasteiger partial charge in [-0.1, -0.05) is 6.92 Å². The van der Waals surface area contributed by atoms with Crippen LogP contribution in [0.2, 0.25) is 0 Å². The summed E-state index contributed by atoms with van der Waals surface area (Å²) in [4.78, 5) is 2.33. The van der Waals surface area contributed by atoms with Crippen molar-refractivity contribution in [3.63, 3.8) is 0 Å². The highest BCUT2D eigenvalue weighted by Gasteiger charge is 2.21. The van der Waals surface area contributed by atoms with Gasteiger partial charge in [0.1, 0.15) is 0 Å². The molecule has 0 heterocycles. The van der Waals surface area contributed by atoms with Crippen LogP contribution in [0.3, 0.4) is 0 Å². The fourth-order valence-electron chi connectivity index (χ4n) is 2.55. The van der Waals surface area contributed by atoms with E-state index < -0.39 is 0 Å². The molecule has 1 saturated carbocycles. The Kier molecular flexibility index (Phi) is 5.62. The molecule has 1 unspecified atom stereocenters. The molecule has 0 aromatic carbocycles. The van der Waals surface area contributed by atoms with Crippen molar-refractivity contribution < 1.29 is 0 Å². The second kappa shape index (κ2) is 6.49. The molecule has 0 aromatic rings. The van der Waals surface area contributed by atoms with Gasteiger partial charge in [0, 0.05) is 18.6 Å². The average molecular weight is 212 g/mol. The minimum absolute atomic E-state index is 0.695. The summed E-state index contributed by atoms with van der Waals surface area (Å²) in [5.41, 5.74) is 0. The Morgan fingerprint density at radius 2 is 1.80 bits per heavy atom. The zero-order valence-electron chi connectivity index (χ0n) is 10.9. The van der Waals surface area contributed by atoms with Gasteiger partial charge in [-0.25, -0.2) is 0 Å². The van der Waals surface area contributed by atoms with E-state index in [1.807, 2.05) is 0 Å². The molecule has 1 fully saturated rings. The third kappa shape index (κ3) is 4.98. The normalized spacial score (nSPS) is 29.4. The smallest absolute Gasteiger partial charge is 0.00697 e. The van der Waals surface area contributed by atoms with Crippen LogP contribution in [0.1, 0.15) is 46.0 Å². The maximum Gasteiger partial charge on any atom is 0.00697 e. The van der Waals surface area contributed by atoms with Crippen LogP contribution in [0.5, 0.6) is 0 Å². The van der Waals surface area contributed by atoms with E-state index >= 15 is 0 Å². The molecule has 2 heteroatoms. The maximum atomic E-state index is 3.73. The molecule has 1 atom stereocenters. The third-order valence-corrected chi connectivity index (χ3v) is 3.60. The van der Waals surface area contributed by atoms with Crippen molar-refractivity contribution >= 4 is 0 Å². The maximum absolute atomic E-state index is 3.73. The lowest BCUT2D eigenvalue weighted by molar-refractivity contribution is 0.227. The molecule has 1 aliphatic carbocycles. The number of nitrogens with zero attached hydrogens (tertiary/aromatic N) is 1. The topological polar surface area (TPSA) is 15.3 Å². The van der Waals surface area contributed by atoms with Crippen LogP contribution in [0.15, 0.2) is 0 Å². The summed E-state index contributed by atoms with van der Waals surface area (Å²) in [6.45, 7) is 5.83. The van der Waals surface area contributed by atoms with Crippen LogP contribution < -0.4 is 5.32 Å². The molecule has 1 aliphatic rings. The zero-order chi connectivity index (χ0) is 11.3. The Labute approximate surface area is 95.4 Å². The van der Waals surface area contributed by atoms with Crippen LogP contribution in [-0.4, -0.2) is 37.6 Å². The minimum atomic E-state index is 0.695. The van der Waals surface area contributed by atoms with Crippen LogP contribution >= 0.6 is 0 Å². The van der Waals surface area contributed by atoms with Crippen molar-refractivity contribution in [3.05, 3.63) is 0 Å². The summed E-state index contributed by atoms with van der Waals surface area (Å²) in [5, 5.41) is 3.73. The van der Waals surface area contributed by atoms with Crippen molar-refractivity contribution in [2.75, 3.05) is 20.6 Å². The highest BCUT2D eigenvalue weighted by Crippen LogP contribution is 2.25. The van der Waals surface area contributed by atoms with E-state index in [9.17, 15) is 0 Å². The van der Waals surface area contributed by atoms with Gasteiger partial charge in [0.25, 0.3) is 0 Å². The SMILES string of the molecule is CCC(C)NC1CCC(CN(C)C)CC1. The molecule has 0 saturated heterocycles. The Bertz CT molecular complexity index is 160. The first-order valence-electron chi connectivity index (χ1n) is 6.52. The molecule has 0 amide bonds. The molecule has 0 spiro atoms. The molecule has 0 radical (unpaired) electrons. The van der Waals surface area contributed by atoms with E-state index in [0.717, 1.165) is 12.0 Å². The lowest BCUT2D eigenvalue weighted by Gasteiger charge is -2.32. The number of nitrogens with one attached hydrogen (secondary N) is 1. The largest absolute Gasteiger partial charge is 0.312 e. The summed E-state index contributed by atoms with van der Waals surface area (Å²) in [6.07, 6.45) is 6.82. The molecule has 1 N–H and O–H groups in total. The summed E-state index contributed by atoms with van der Waals surface area (Å²) in [6, 6.07) is 1.48. The first-order valence-corrected chi connectivity index (χ1v) is 6.52. The van der Waals surface area contributed by atoms with Gasteiger partial charge in [0.05, 0.1) is 0 Å². The van der Waals surface area contributed by atoms with Gasteiger partial charge in [-0.15, -0.1) is 0 Å². The average Bonchev–Trinajstić information content (AvgIpc) is 2.20. The molecular weight excluding hydrogens is 184 g/mol. The van der Waals surface area contributed by atoms with E-state index in [2.05, 4.69) is 38.2 Å². The molecule has 1 rings (SSSR count). The summed E-state index contributed by atoms with van der Waals surface area (Å²) < 4.78 is 0. The Hall–Kier alpha value is -0.0800. The van der Waals surface area contributed by atoms with Crippen molar-refractivity contribution in [2.24, 2.45) is 5.92 Å². The Morgan fingerprint density at radius 1 is 1.20 bits per heavy atom. The van der Waals surface area contributed by atoms with Gasteiger partial charge in [-0.2, -0.15) is 0 Å². The molecule has 0 aromatic heterocycles. The van der Waals surface area contributed by atoms with Crippen LogP contribution in [0.25, 0.3) is 0 Å². The Morgan fingerprint density at radius 3 is 2.27 bits per heavy atom. The molecular formula is C13H28N2.